The Morgan fingerprint density at radius 2 is 1.91 bits per heavy atom. The molecule has 5 heteroatoms. The minimum atomic E-state index is -0.682. The number of halogens is 1. The van der Waals surface area contributed by atoms with Gasteiger partial charge in [0.15, 0.2) is 0 Å². The van der Waals surface area contributed by atoms with Gasteiger partial charge in [-0.3, -0.25) is 4.68 Å². The molecule has 2 aromatic rings. The Kier molecular flexibility index (Phi) is 4.98. The summed E-state index contributed by atoms with van der Waals surface area (Å²) in [7, 11) is 0. The standard InChI is InChI=1S/C17H24FN3O/c1-12(16(22)14-5-7-15(18)8-6-14)19-9-13-10-20-21(11-13)17(2,3)4/h5-8,10-12,16,19,22H,9H2,1-4H3. The molecule has 2 unspecified atom stereocenters. The van der Waals surface area contributed by atoms with Crippen LogP contribution >= 0.6 is 0 Å². The predicted octanol–water partition coefficient (Wildman–Crippen LogP) is 2.99. The van der Waals surface area contributed by atoms with Crippen LogP contribution in [-0.4, -0.2) is 20.9 Å². The first-order valence-corrected chi connectivity index (χ1v) is 7.48. The largest absolute Gasteiger partial charge is 0.387 e. The van der Waals surface area contributed by atoms with Gasteiger partial charge in [0.25, 0.3) is 0 Å². The van der Waals surface area contributed by atoms with E-state index in [1.165, 1.54) is 12.1 Å². The van der Waals surface area contributed by atoms with Gasteiger partial charge in [-0.15, -0.1) is 0 Å². The predicted molar refractivity (Wildman–Crippen MR) is 84.9 cm³/mol. The van der Waals surface area contributed by atoms with Crippen molar-refractivity contribution in [2.45, 2.75) is 51.9 Å². The summed E-state index contributed by atoms with van der Waals surface area (Å²) in [5, 5.41) is 17.9. The third-order valence-electron chi connectivity index (χ3n) is 3.64. The number of nitrogens with zero attached hydrogens (tertiary/aromatic N) is 2. The first-order chi connectivity index (χ1) is 10.3. The third-order valence-corrected chi connectivity index (χ3v) is 3.64. The molecule has 2 N–H and O–H groups in total. The lowest BCUT2D eigenvalue weighted by Crippen LogP contribution is -2.31. The third kappa shape index (κ3) is 4.15. The fourth-order valence-corrected chi connectivity index (χ4v) is 2.16. The molecule has 1 heterocycles. The number of aromatic nitrogens is 2. The first-order valence-electron chi connectivity index (χ1n) is 7.48. The molecule has 2 atom stereocenters. The molecule has 0 aliphatic carbocycles. The molecule has 0 saturated heterocycles. The highest BCUT2D eigenvalue weighted by atomic mass is 19.1. The van der Waals surface area contributed by atoms with Crippen LogP contribution in [-0.2, 0) is 12.1 Å². The van der Waals surface area contributed by atoms with Gasteiger partial charge in [-0.25, -0.2) is 4.39 Å². The Morgan fingerprint density at radius 3 is 2.45 bits per heavy atom. The second-order valence-electron chi connectivity index (χ2n) is 6.63. The summed E-state index contributed by atoms with van der Waals surface area (Å²) in [5.74, 6) is -0.300. The molecule has 0 radical (unpaired) electrons. The van der Waals surface area contributed by atoms with E-state index in [4.69, 9.17) is 0 Å². The van der Waals surface area contributed by atoms with Crippen molar-refractivity contribution in [1.82, 2.24) is 15.1 Å². The van der Waals surface area contributed by atoms with Crippen LogP contribution in [0.2, 0.25) is 0 Å². The van der Waals surface area contributed by atoms with Crippen molar-refractivity contribution in [3.8, 4) is 0 Å². The summed E-state index contributed by atoms with van der Waals surface area (Å²) in [6.07, 6.45) is 3.15. The number of hydrogen-bond acceptors (Lipinski definition) is 3. The van der Waals surface area contributed by atoms with Gasteiger partial charge in [-0.2, -0.15) is 5.10 Å². The molecule has 0 amide bonds. The van der Waals surface area contributed by atoms with Gasteiger partial charge in [0.1, 0.15) is 5.82 Å². The summed E-state index contributed by atoms with van der Waals surface area (Å²) in [5.41, 5.74) is 1.72. The zero-order valence-corrected chi connectivity index (χ0v) is 13.5. The normalized spacial score (nSPS) is 14.8. The second-order valence-corrected chi connectivity index (χ2v) is 6.63. The summed E-state index contributed by atoms with van der Waals surface area (Å²) in [4.78, 5) is 0. The Labute approximate surface area is 131 Å². The molecule has 0 aliphatic rings. The van der Waals surface area contributed by atoms with Gasteiger partial charge in [-0.1, -0.05) is 12.1 Å². The molecule has 2 rings (SSSR count). The Morgan fingerprint density at radius 1 is 1.27 bits per heavy atom. The average molecular weight is 305 g/mol. The molecule has 22 heavy (non-hydrogen) atoms. The fourth-order valence-electron chi connectivity index (χ4n) is 2.16. The molecule has 1 aromatic carbocycles. The number of aliphatic hydroxyl groups excluding tert-OH is 1. The second kappa shape index (κ2) is 6.58. The van der Waals surface area contributed by atoms with Crippen LogP contribution in [0.1, 0.15) is 44.9 Å². The van der Waals surface area contributed by atoms with Crippen LogP contribution in [0.25, 0.3) is 0 Å². The van der Waals surface area contributed by atoms with E-state index in [1.807, 2.05) is 24.0 Å². The maximum atomic E-state index is 12.9. The number of benzene rings is 1. The van der Waals surface area contributed by atoms with E-state index < -0.39 is 6.10 Å². The van der Waals surface area contributed by atoms with Crippen molar-refractivity contribution in [3.63, 3.8) is 0 Å². The highest BCUT2D eigenvalue weighted by Crippen LogP contribution is 2.18. The Balaban J connectivity index is 1.93. The molecule has 1 aromatic heterocycles. The average Bonchev–Trinajstić information content (AvgIpc) is 2.94. The molecule has 0 bridgehead atoms. The van der Waals surface area contributed by atoms with Crippen molar-refractivity contribution < 1.29 is 9.50 Å². The Hall–Kier alpha value is -1.72. The molecular weight excluding hydrogens is 281 g/mol. The lowest BCUT2D eigenvalue weighted by molar-refractivity contribution is 0.135. The van der Waals surface area contributed by atoms with E-state index in [-0.39, 0.29) is 17.4 Å². The van der Waals surface area contributed by atoms with Crippen LogP contribution in [0, 0.1) is 5.82 Å². The SMILES string of the molecule is CC(NCc1cnn(C(C)(C)C)c1)C(O)c1ccc(F)cc1. The van der Waals surface area contributed by atoms with E-state index >= 15 is 0 Å². The molecule has 0 saturated carbocycles. The molecule has 0 aliphatic heterocycles. The van der Waals surface area contributed by atoms with Crippen molar-refractivity contribution in [1.29, 1.82) is 0 Å². The minimum Gasteiger partial charge on any atom is -0.387 e. The van der Waals surface area contributed by atoms with E-state index in [2.05, 4.69) is 31.2 Å². The van der Waals surface area contributed by atoms with Crippen molar-refractivity contribution in [2.24, 2.45) is 0 Å². The maximum Gasteiger partial charge on any atom is 0.123 e. The topological polar surface area (TPSA) is 50.1 Å². The first kappa shape index (κ1) is 16.6. The number of rotatable bonds is 5. The monoisotopic (exact) mass is 305 g/mol. The molecule has 0 spiro atoms. The van der Waals surface area contributed by atoms with Gasteiger partial charge < -0.3 is 10.4 Å². The van der Waals surface area contributed by atoms with Gasteiger partial charge in [0.2, 0.25) is 0 Å². The van der Waals surface area contributed by atoms with Gasteiger partial charge in [0, 0.05) is 24.3 Å². The molecule has 120 valence electrons. The maximum absolute atomic E-state index is 12.9. The van der Waals surface area contributed by atoms with Crippen molar-refractivity contribution >= 4 is 0 Å². The molecule has 0 fully saturated rings. The molecular formula is C17H24FN3O. The van der Waals surface area contributed by atoms with Gasteiger partial charge in [0.05, 0.1) is 17.8 Å². The van der Waals surface area contributed by atoms with Crippen molar-refractivity contribution in [3.05, 3.63) is 53.6 Å². The lowest BCUT2D eigenvalue weighted by Gasteiger charge is -2.21. The van der Waals surface area contributed by atoms with Crippen molar-refractivity contribution in [2.75, 3.05) is 0 Å². The van der Waals surface area contributed by atoms with E-state index in [1.54, 1.807) is 12.1 Å². The lowest BCUT2D eigenvalue weighted by atomic mass is 10.0. The smallest absolute Gasteiger partial charge is 0.123 e. The number of nitrogens with one attached hydrogen (secondary N) is 1. The highest BCUT2D eigenvalue weighted by Gasteiger charge is 2.17. The summed E-state index contributed by atoms with van der Waals surface area (Å²) in [6.45, 7) is 8.81. The summed E-state index contributed by atoms with van der Waals surface area (Å²) < 4.78 is 14.8. The zero-order chi connectivity index (χ0) is 16.3. The Bertz CT molecular complexity index is 601. The van der Waals surface area contributed by atoms with E-state index in [0.717, 1.165) is 5.56 Å². The quantitative estimate of drug-likeness (QED) is 0.893. The van der Waals surface area contributed by atoms with Gasteiger partial charge in [-0.05, 0) is 45.4 Å². The minimum absolute atomic E-state index is 0.0442. The molecule has 4 nitrogen and oxygen atoms in total. The fraction of sp³-hybridized carbons (Fsp3) is 0.471. The summed E-state index contributed by atoms with van der Waals surface area (Å²) in [6, 6.07) is 5.78. The summed E-state index contributed by atoms with van der Waals surface area (Å²) >= 11 is 0. The number of aliphatic hydroxyl groups is 1. The van der Waals surface area contributed by atoms with Crippen LogP contribution in [0.3, 0.4) is 0 Å². The van der Waals surface area contributed by atoms with Gasteiger partial charge >= 0.3 is 0 Å². The number of hydrogen-bond donors (Lipinski definition) is 2. The van der Waals surface area contributed by atoms with E-state index in [9.17, 15) is 9.50 Å². The van der Waals surface area contributed by atoms with Crippen LogP contribution in [0.5, 0.6) is 0 Å². The van der Waals surface area contributed by atoms with Crippen LogP contribution in [0.15, 0.2) is 36.7 Å². The van der Waals surface area contributed by atoms with E-state index in [0.29, 0.717) is 12.1 Å². The zero-order valence-electron chi connectivity index (χ0n) is 13.5. The highest BCUT2D eigenvalue weighted by molar-refractivity contribution is 5.19. The van der Waals surface area contributed by atoms with Crippen LogP contribution < -0.4 is 5.32 Å². The van der Waals surface area contributed by atoms with Crippen LogP contribution in [0.4, 0.5) is 4.39 Å².